The van der Waals surface area contributed by atoms with Gasteiger partial charge in [0.1, 0.15) is 0 Å². The SMILES string of the molecule is CCCNC(=O)c1cc(NC(=O)CCC(=O)OCC)ccc1N(C)C. The molecule has 1 aromatic rings. The molecule has 0 bridgehead atoms. The standard InChI is InChI=1S/C18H27N3O4/c1-5-11-19-18(24)14-12-13(7-8-15(14)21(3)4)20-16(22)9-10-17(23)25-6-2/h7-8,12H,5-6,9-11H2,1-4H3,(H,19,24)(H,20,22). The van der Waals surface area contributed by atoms with Gasteiger partial charge in [0.15, 0.2) is 0 Å². The smallest absolute Gasteiger partial charge is 0.306 e. The number of amides is 2. The van der Waals surface area contributed by atoms with Crippen molar-refractivity contribution in [3.05, 3.63) is 23.8 Å². The summed E-state index contributed by atoms with van der Waals surface area (Å²) in [5, 5.41) is 5.55. The first-order valence-electron chi connectivity index (χ1n) is 8.44. The number of esters is 1. The highest BCUT2D eigenvalue weighted by Gasteiger charge is 2.15. The molecule has 0 aromatic heterocycles. The first-order valence-corrected chi connectivity index (χ1v) is 8.44. The van der Waals surface area contributed by atoms with E-state index in [-0.39, 0.29) is 24.7 Å². The molecule has 2 amide bonds. The molecule has 0 spiro atoms. The minimum Gasteiger partial charge on any atom is -0.466 e. The zero-order valence-electron chi connectivity index (χ0n) is 15.3. The molecule has 0 saturated heterocycles. The highest BCUT2D eigenvalue weighted by molar-refractivity contribution is 6.02. The first kappa shape index (κ1) is 20.5. The number of hydrogen-bond acceptors (Lipinski definition) is 5. The second-order valence-electron chi connectivity index (χ2n) is 5.74. The number of hydrogen-bond donors (Lipinski definition) is 2. The predicted octanol–water partition coefficient (Wildman–Crippen LogP) is 2.17. The topological polar surface area (TPSA) is 87.7 Å². The lowest BCUT2D eigenvalue weighted by atomic mass is 10.1. The van der Waals surface area contributed by atoms with Crippen LogP contribution in [0, 0.1) is 0 Å². The molecule has 0 heterocycles. The molecule has 0 atom stereocenters. The van der Waals surface area contributed by atoms with Gasteiger partial charge in [-0.3, -0.25) is 14.4 Å². The van der Waals surface area contributed by atoms with Crippen LogP contribution >= 0.6 is 0 Å². The van der Waals surface area contributed by atoms with E-state index in [1.165, 1.54) is 0 Å². The Kier molecular flexibility index (Phi) is 8.46. The molecule has 0 aliphatic rings. The van der Waals surface area contributed by atoms with Gasteiger partial charge in [-0.05, 0) is 31.5 Å². The van der Waals surface area contributed by atoms with Crippen molar-refractivity contribution in [3.8, 4) is 0 Å². The molecule has 0 radical (unpaired) electrons. The highest BCUT2D eigenvalue weighted by Crippen LogP contribution is 2.23. The Morgan fingerprint density at radius 2 is 1.84 bits per heavy atom. The Morgan fingerprint density at radius 1 is 1.12 bits per heavy atom. The van der Waals surface area contributed by atoms with Crippen molar-refractivity contribution in [1.29, 1.82) is 0 Å². The van der Waals surface area contributed by atoms with Crippen molar-refractivity contribution in [2.75, 3.05) is 37.5 Å². The summed E-state index contributed by atoms with van der Waals surface area (Å²) in [4.78, 5) is 37.4. The molecule has 7 nitrogen and oxygen atoms in total. The van der Waals surface area contributed by atoms with Crippen LogP contribution in [0.1, 0.15) is 43.5 Å². The summed E-state index contributed by atoms with van der Waals surface area (Å²) < 4.78 is 4.80. The molecule has 7 heteroatoms. The van der Waals surface area contributed by atoms with Gasteiger partial charge in [-0.1, -0.05) is 6.92 Å². The molecule has 138 valence electrons. The van der Waals surface area contributed by atoms with E-state index < -0.39 is 5.97 Å². The summed E-state index contributed by atoms with van der Waals surface area (Å²) in [5.74, 6) is -0.890. The maximum absolute atomic E-state index is 12.3. The fraction of sp³-hybridized carbons (Fsp3) is 0.500. The summed E-state index contributed by atoms with van der Waals surface area (Å²) in [5.41, 5.74) is 1.76. The Morgan fingerprint density at radius 3 is 2.44 bits per heavy atom. The zero-order chi connectivity index (χ0) is 18.8. The van der Waals surface area contributed by atoms with Crippen LogP contribution in [-0.2, 0) is 14.3 Å². The molecule has 0 aliphatic heterocycles. The summed E-state index contributed by atoms with van der Waals surface area (Å²) in [7, 11) is 3.70. The lowest BCUT2D eigenvalue weighted by Gasteiger charge is -2.18. The molecule has 0 saturated carbocycles. The number of rotatable bonds is 9. The van der Waals surface area contributed by atoms with Gasteiger partial charge in [0.05, 0.1) is 18.6 Å². The highest BCUT2D eigenvalue weighted by atomic mass is 16.5. The molecule has 1 aromatic carbocycles. The molecule has 25 heavy (non-hydrogen) atoms. The largest absolute Gasteiger partial charge is 0.466 e. The van der Waals surface area contributed by atoms with Crippen molar-refractivity contribution in [2.45, 2.75) is 33.1 Å². The predicted molar refractivity (Wildman–Crippen MR) is 97.9 cm³/mol. The molecule has 0 unspecified atom stereocenters. The van der Waals surface area contributed by atoms with E-state index in [0.717, 1.165) is 12.1 Å². The van der Waals surface area contributed by atoms with Crippen molar-refractivity contribution in [3.63, 3.8) is 0 Å². The number of anilines is 2. The average molecular weight is 349 g/mol. The van der Waals surface area contributed by atoms with Gasteiger partial charge in [-0.2, -0.15) is 0 Å². The van der Waals surface area contributed by atoms with Crippen molar-refractivity contribution < 1.29 is 19.1 Å². The Labute approximate surface area is 148 Å². The van der Waals surface area contributed by atoms with Crippen LogP contribution in [0.2, 0.25) is 0 Å². The lowest BCUT2D eigenvalue weighted by molar-refractivity contribution is -0.144. The first-order chi connectivity index (χ1) is 11.9. The Hall–Kier alpha value is -2.57. The minimum atomic E-state index is -0.403. The van der Waals surface area contributed by atoms with Crippen LogP contribution in [0.3, 0.4) is 0 Å². The maximum Gasteiger partial charge on any atom is 0.306 e. The fourth-order valence-corrected chi connectivity index (χ4v) is 2.19. The van der Waals surface area contributed by atoms with E-state index in [4.69, 9.17) is 4.74 Å². The van der Waals surface area contributed by atoms with Gasteiger partial charge in [0.2, 0.25) is 5.91 Å². The van der Waals surface area contributed by atoms with E-state index in [9.17, 15) is 14.4 Å². The van der Waals surface area contributed by atoms with Crippen molar-refractivity contribution in [2.24, 2.45) is 0 Å². The number of benzene rings is 1. The number of ether oxygens (including phenoxy) is 1. The van der Waals surface area contributed by atoms with Gasteiger partial charge in [-0.15, -0.1) is 0 Å². The normalized spacial score (nSPS) is 10.1. The van der Waals surface area contributed by atoms with Gasteiger partial charge < -0.3 is 20.3 Å². The number of carbonyl (C=O) groups is 3. The van der Waals surface area contributed by atoms with Crippen LogP contribution in [-0.4, -0.2) is 45.0 Å². The second kappa shape index (κ2) is 10.3. The third-order valence-electron chi connectivity index (χ3n) is 3.40. The lowest BCUT2D eigenvalue weighted by Crippen LogP contribution is -2.26. The summed E-state index contributed by atoms with van der Waals surface area (Å²) >= 11 is 0. The van der Waals surface area contributed by atoms with Crippen LogP contribution in [0.5, 0.6) is 0 Å². The van der Waals surface area contributed by atoms with E-state index in [2.05, 4.69) is 10.6 Å². The second-order valence-corrected chi connectivity index (χ2v) is 5.74. The Balaban J connectivity index is 2.82. The minimum absolute atomic E-state index is 0.0271. The van der Waals surface area contributed by atoms with E-state index >= 15 is 0 Å². The summed E-state index contributed by atoms with van der Waals surface area (Å²) in [6.07, 6.45) is 0.901. The fourth-order valence-electron chi connectivity index (χ4n) is 2.19. The van der Waals surface area contributed by atoms with Crippen LogP contribution in [0.4, 0.5) is 11.4 Å². The Bertz CT molecular complexity index is 614. The third-order valence-corrected chi connectivity index (χ3v) is 3.40. The van der Waals surface area contributed by atoms with Crippen LogP contribution in [0.15, 0.2) is 18.2 Å². The molecule has 2 N–H and O–H groups in total. The number of nitrogens with zero attached hydrogens (tertiary/aromatic N) is 1. The molecule has 0 fully saturated rings. The van der Waals surface area contributed by atoms with Crippen LogP contribution in [0.25, 0.3) is 0 Å². The quantitative estimate of drug-likeness (QED) is 0.667. The van der Waals surface area contributed by atoms with Gasteiger partial charge in [0, 0.05) is 38.4 Å². The molecular formula is C18H27N3O4. The number of carbonyl (C=O) groups excluding carboxylic acids is 3. The van der Waals surface area contributed by atoms with Gasteiger partial charge in [-0.25, -0.2) is 0 Å². The zero-order valence-corrected chi connectivity index (χ0v) is 15.3. The molecular weight excluding hydrogens is 322 g/mol. The van der Waals surface area contributed by atoms with Gasteiger partial charge in [0.25, 0.3) is 5.91 Å². The van der Waals surface area contributed by atoms with E-state index in [1.807, 2.05) is 25.9 Å². The monoisotopic (exact) mass is 349 g/mol. The maximum atomic E-state index is 12.3. The van der Waals surface area contributed by atoms with Crippen LogP contribution < -0.4 is 15.5 Å². The van der Waals surface area contributed by atoms with Crippen molar-refractivity contribution >= 4 is 29.2 Å². The van der Waals surface area contributed by atoms with Crippen molar-refractivity contribution in [1.82, 2.24) is 5.32 Å². The third kappa shape index (κ3) is 6.82. The summed E-state index contributed by atoms with van der Waals surface area (Å²) in [6, 6.07) is 5.15. The average Bonchev–Trinajstić information content (AvgIpc) is 2.57. The number of nitrogens with one attached hydrogen (secondary N) is 2. The summed E-state index contributed by atoms with van der Waals surface area (Å²) in [6.45, 7) is 4.58. The van der Waals surface area contributed by atoms with Gasteiger partial charge >= 0.3 is 5.97 Å². The van der Waals surface area contributed by atoms with E-state index in [1.54, 1.807) is 25.1 Å². The molecule has 1 rings (SSSR count). The van der Waals surface area contributed by atoms with E-state index in [0.29, 0.717) is 24.4 Å². The molecule has 0 aliphatic carbocycles.